The molecule has 5 heterocycles. The number of aromatic nitrogens is 3. The lowest BCUT2D eigenvalue weighted by Crippen LogP contribution is -2.51. The third kappa shape index (κ3) is 3.25. The highest BCUT2D eigenvalue weighted by atomic mass is 19.1. The third-order valence-electron chi connectivity index (χ3n) is 7.93. The largest absolute Gasteiger partial charge is 0.356 e. The van der Waals surface area contributed by atoms with Crippen LogP contribution in [0.4, 0.5) is 16.0 Å². The molecule has 0 radical (unpaired) electrons. The Labute approximate surface area is 209 Å². The molecule has 1 saturated carbocycles. The molecule has 0 N–H and O–H groups in total. The van der Waals surface area contributed by atoms with Crippen LogP contribution in [0.2, 0.25) is 0 Å². The van der Waals surface area contributed by atoms with E-state index in [1.807, 2.05) is 36.0 Å². The Kier molecular flexibility index (Phi) is 4.87. The molecule has 36 heavy (non-hydrogen) atoms. The molecule has 2 atom stereocenters. The number of amides is 1. The molecule has 7 rings (SSSR count). The number of anilines is 2. The highest BCUT2D eigenvalue weighted by molar-refractivity contribution is 6.21. The number of guanidine groups is 1. The highest BCUT2D eigenvalue weighted by Gasteiger charge is 2.49. The number of fused-ring (bicyclic) bond motifs is 5. The fraction of sp³-hybridized carbons (Fsp3) is 0.407. The van der Waals surface area contributed by atoms with Gasteiger partial charge in [0, 0.05) is 25.7 Å². The summed E-state index contributed by atoms with van der Waals surface area (Å²) in [6.45, 7) is 2.39. The Morgan fingerprint density at radius 3 is 2.61 bits per heavy atom. The Hall–Kier alpha value is -3.75. The number of nitrogens with zero attached hydrogens (tertiary/aromatic N) is 7. The molecule has 4 aliphatic rings. The summed E-state index contributed by atoms with van der Waals surface area (Å²) in [6.07, 6.45) is 5.51. The number of aliphatic imine (C=N–C) groups is 1. The predicted octanol–water partition coefficient (Wildman–Crippen LogP) is 3.92. The maximum absolute atomic E-state index is 13.7. The third-order valence-corrected chi connectivity index (χ3v) is 7.93. The minimum Gasteiger partial charge on any atom is -0.356 e. The van der Waals surface area contributed by atoms with Crippen molar-refractivity contribution in [3.63, 3.8) is 0 Å². The van der Waals surface area contributed by atoms with Gasteiger partial charge in [-0.15, -0.1) is 0 Å². The van der Waals surface area contributed by atoms with Gasteiger partial charge >= 0.3 is 0 Å². The zero-order chi connectivity index (χ0) is 24.4. The van der Waals surface area contributed by atoms with Gasteiger partial charge < -0.3 is 4.90 Å². The van der Waals surface area contributed by atoms with Crippen LogP contribution in [0.1, 0.15) is 48.0 Å². The van der Waals surface area contributed by atoms with Crippen LogP contribution < -0.4 is 9.80 Å². The minimum atomic E-state index is -0.488. The number of rotatable bonds is 4. The second-order valence-electron chi connectivity index (χ2n) is 10.1. The van der Waals surface area contributed by atoms with Gasteiger partial charge in [-0.25, -0.2) is 14.7 Å². The molecule has 184 valence electrons. The van der Waals surface area contributed by atoms with Crippen molar-refractivity contribution < 1.29 is 9.18 Å². The maximum Gasteiger partial charge on any atom is 0.267 e. The summed E-state index contributed by atoms with van der Waals surface area (Å²) in [6, 6.07) is 13.3. The summed E-state index contributed by atoms with van der Waals surface area (Å²) in [5, 5.41) is 5.08. The number of hydrogen-bond donors (Lipinski definition) is 0. The van der Waals surface area contributed by atoms with Crippen LogP contribution in [-0.2, 0) is 6.54 Å². The Morgan fingerprint density at radius 1 is 1.03 bits per heavy atom. The summed E-state index contributed by atoms with van der Waals surface area (Å²) in [4.78, 5) is 28.8. The number of carbonyl (C=O) groups excluding carboxylic acids is 1. The molecule has 1 aromatic carbocycles. The standard InChI is InChI=1S/C27H28FN7O/c1-32-26(36)23-24(35-21-8-4-7-20(21)30-27(32)35)31-34(25(23)33-14-2-3-15-33)16-17-10-12-18(13-11-17)19-6-5-9-22(28)29-19/h5-6,9-13,20-21H,2-4,7-8,14-16H2,1H3/t20-,21+/m1/s1. The van der Waals surface area contributed by atoms with Crippen LogP contribution in [0, 0.1) is 5.95 Å². The summed E-state index contributed by atoms with van der Waals surface area (Å²) in [5.41, 5.74) is 3.23. The van der Waals surface area contributed by atoms with Gasteiger partial charge in [0.15, 0.2) is 5.82 Å². The number of carbonyl (C=O) groups is 1. The van der Waals surface area contributed by atoms with E-state index >= 15 is 0 Å². The molecule has 3 aromatic rings. The second kappa shape index (κ2) is 8.15. The molecule has 0 unspecified atom stereocenters. The van der Waals surface area contributed by atoms with Crippen molar-refractivity contribution in [3.05, 3.63) is 59.5 Å². The van der Waals surface area contributed by atoms with Crippen molar-refractivity contribution in [2.75, 3.05) is 29.9 Å². The lowest BCUT2D eigenvalue weighted by molar-refractivity contribution is 0.0865. The van der Waals surface area contributed by atoms with Gasteiger partial charge in [-0.2, -0.15) is 9.49 Å². The van der Waals surface area contributed by atoms with Crippen molar-refractivity contribution in [2.24, 2.45) is 4.99 Å². The maximum atomic E-state index is 13.7. The lowest BCUT2D eigenvalue weighted by atomic mass is 10.1. The number of benzene rings is 1. The monoisotopic (exact) mass is 485 g/mol. The summed E-state index contributed by atoms with van der Waals surface area (Å²) >= 11 is 0. The molecule has 1 amide bonds. The topological polar surface area (TPSA) is 69.9 Å². The van der Waals surface area contributed by atoms with E-state index in [1.165, 1.54) is 6.07 Å². The Morgan fingerprint density at radius 2 is 1.83 bits per heavy atom. The van der Waals surface area contributed by atoms with E-state index in [2.05, 4.69) is 14.8 Å². The number of hydrogen-bond acceptors (Lipinski definition) is 6. The van der Waals surface area contributed by atoms with Crippen molar-refractivity contribution in [2.45, 2.75) is 50.7 Å². The van der Waals surface area contributed by atoms with Crippen molar-refractivity contribution in [3.8, 4) is 11.3 Å². The lowest BCUT2D eigenvalue weighted by Gasteiger charge is -2.34. The van der Waals surface area contributed by atoms with Crippen molar-refractivity contribution in [1.29, 1.82) is 0 Å². The minimum absolute atomic E-state index is 0.0272. The molecule has 9 heteroatoms. The van der Waals surface area contributed by atoms with Crippen LogP contribution in [-0.4, -0.2) is 63.8 Å². The Bertz CT molecular complexity index is 1380. The highest BCUT2D eigenvalue weighted by Crippen LogP contribution is 2.43. The molecule has 2 fully saturated rings. The molecule has 2 aromatic heterocycles. The second-order valence-corrected chi connectivity index (χ2v) is 10.1. The average molecular weight is 486 g/mol. The smallest absolute Gasteiger partial charge is 0.267 e. The summed E-state index contributed by atoms with van der Waals surface area (Å²) in [7, 11) is 1.84. The van der Waals surface area contributed by atoms with Gasteiger partial charge in [0.05, 0.1) is 24.3 Å². The Balaban J connectivity index is 1.28. The normalized spacial score (nSPS) is 22.7. The SMILES string of the molecule is CN1C(=O)c2c(nn(Cc3ccc(-c4cccc(F)n4)cc3)c2N2CCCC2)N2C1=N[C@@H]1CCC[C@@H]12. The predicted molar refractivity (Wildman–Crippen MR) is 136 cm³/mol. The fourth-order valence-corrected chi connectivity index (χ4v) is 6.17. The van der Waals surface area contributed by atoms with E-state index in [-0.39, 0.29) is 18.0 Å². The zero-order valence-corrected chi connectivity index (χ0v) is 20.3. The van der Waals surface area contributed by atoms with Crippen LogP contribution in [0.3, 0.4) is 0 Å². The molecule has 0 spiro atoms. The van der Waals surface area contributed by atoms with Gasteiger partial charge in [-0.3, -0.25) is 14.6 Å². The van der Waals surface area contributed by atoms with Crippen LogP contribution in [0.15, 0.2) is 47.5 Å². The zero-order valence-electron chi connectivity index (χ0n) is 20.3. The van der Waals surface area contributed by atoms with E-state index in [9.17, 15) is 9.18 Å². The van der Waals surface area contributed by atoms with Crippen molar-refractivity contribution >= 4 is 23.5 Å². The molecular formula is C27H28FN7O. The number of pyridine rings is 1. The van der Waals surface area contributed by atoms with Gasteiger partial charge in [-0.1, -0.05) is 30.3 Å². The van der Waals surface area contributed by atoms with E-state index in [4.69, 9.17) is 10.1 Å². The first-order valence-electron chi connectivity index (χ1n) is 12.8. The van der Waals surface area contributed by atoms with E-state index < -0.39 is 5.95 Å². The molecule has 1 aliphatic carbocycles. The quantitative estimate of drug-likeness (QED) is 0.524. The molecule has 3 aliphatic heterocycles. The van der Waals surface area contributed by atoms with Crippen LogP contribution in [0.5, 0.6) is 0 Å². The van der Waals surface area contributed by atoms with E-state index in [0.29, 0.717) is 17.8 Å². The first-order chi connectivity index (χ1) is 17.6. The van der Waals surface area contributed by atoms with Crippen molar-refractivity contribution in [1.82, 2.24) is 19.7 Å². The van der Waals surface area contributed by atoms with Gasteiger partial charge in [0.1, 0.15) is 11.4 Å². The van der Waals surface area contributed by atoms with Gasteiger partial charge in [-0.05, 0) is 49.8 Å². The van der Waals surface area contributed by atoms with Gasteiger partial charge in [0.25, 0.3) is 5.91 Å². The average Bonchev–Trinajstić information content (AvgIpc) is 3.66. The fourth-order valence-electron chi connectivity index (χ4n) is 6.17. The van der Waals surface area contributed by atoms with Crippen LogP contribution in [0.25, 0.3) is 11.3 Å². The molecule has 0 bridgehead atoms. The molecule has 8 nitrogen and oxygen atoms in total. The number of halogens is 1. The van der Waals surface area contributed by atoms with E-state index in [1.54, 1.807) is 17.0 Å². The van der Waals surface area contributed by atoms with E-state index in [0.717, 1.165) is 73.9 Å². The molecule has 1 saturated heterocycles. The van der Waals surface area contributed by atoms with Crippen LogP contribution >= 0.6 is 0 Å². The summed E-state index contributed by atoms with van der Waals surface area (Å²) in [5.74, 6) is 1.90. The molecular weight excluding hydrogens is 457 g/mol. The summed E-state index contributed by atoms with van der Waals surface area (Å²) < 4.78 is 15.6. The first kappa shape index (κ1) is 21.5. The first-order valence-corrected chi connectivity index (χ1v) is 12.8. The van der Waals surface area contributed by atoms with Gasteiger partial charge in [0.2, 0.25) is 11.9 Å².